The number of halogens is 2. The van der Waals surface area contributed by atoms with E-state index in [0.29, 0.717) is 28.8 Å². The van der Waals surface area contributed by atoms with Crippen molar-refractivity contribution in [3.05, 3.63) is 22.4 Å². The smallest absolute Gasteiger partial charge is 0.307 e. The lowest BCUT2D eigenvalue weighted by Crippen LogP contribution is -2.12. The summed E-state index contributed by atoms with van der Waals surface area (Å²) in [5.74, 6) is -0.0415. The highest BCUT2D eigenvalue weighted by molar-refractivity contribution is 9.10. The third kappa shape index (κ3) is 3.58. The number of carbonyl (C=O) groups excluding carboxylic acids is 1. The zero-order valence-electron chi connectivity index (χ0n) is 12.8. The quantitative estimate of drug-likeness (QED) is 0.782. The molecule has 1 aromatic heterocycles. The van der Waals surface area contributed by atoms with Crippen molar-refractivity contribution in [3.63, 3.8) is 0 Å². The molecule has 1 aromatic carbocycles. The van der Waals surface area contributed by atoms with Crippen LogP contribution in [0.1, 0.15) is 33.2 Å². The van der Waals surface area contributed by atoms with Crippen molar-refractivity contribution < 1.29 is 13.9 Å². The number of aromatic nitrogens is 2. The van der Waals surface area contributed by atoms with Gasteiger partial charge in [0.15, 0.2) is 5.82 Å². The summed E-state index contributed by atoms with van der Waals surface area (Å²) in [5.41, 5.74) is 0.835. The standard InChI is InChI=1S/C15H19BrFN3O2/c1-4-22-14(21)5-6-18-15-10-7-12(17)11(16)8-13(10)20(19-15)9(2)3/h7-9H,4-6H2,1-3H3,(H,18,19). The largest absolute Gasteiger partial charge is 0.466 e. The number of anilines is 1. The van der Waals surface area contributed by atoms with Crippen LogP contribution < -0.4 is 5.32 Å². The van der Waals surface area contributed by atoms with Gasteiger partial charge >= 0.3 is 5.97 Å². The zero-order chi connectivity index (χ0) is 16.3. The van der Waals surface area contributed by atoms with Crippen LogP contribution in [-0.4, -0.2) is 28.9 Å². The maximum absolute atomic E-state index is 13.8. The van der Waals surface area contributed by atoms with Gasteiger partial charge < -0.3 is 10.1 Å². The van der Waals surface area contributed by atoms with Crippen LogP contribution in [0.3, 0.4) is 0 Å². The van der Waals surface area contributed by atoms with E-state index in [1.165, 1.54) is 6.07 Å². The Kier molecular flexibility index (Phi) is 5.39. The summed E-state index contributed by atoms with van der Waals surface area (Å²) in [7, 11) is 0. The average Bonchev–Trinajstić information content (AvgIpc) is 2.78. The molecule has 0 saturated heterocycles. The lowest BCUT2D eigenvalue weighted by molar-refractivity contribution is -0.142. The molecule has 0 radical (unpaired) electrons. The highest BCUT2D eigenvalue weighted by Crippen LogP contribution is 2.30. The Labute approximate surface area is 136 Å². The monoisotopic (exact) mass is 371 g/mol. The van der Waals surface area contributed by atoms with Crippen molar-refractivity contribution in [2.45, 2.75) is 33.2 Å². The van der Waals surface area contributed by atoms with Gasteiger partial charge in [0, 0.05) is 18.0 Å². The zero-order valence-corrected chi connectivity index (χ0v) is 14.4. The molecule has 0 aliphatic heterocycles. The molecular formula is C15H19BrFN3O2. The molecule has 0 fully saturated rings. The molecular weight excluding hydrogens is 353 g/mol. The Bertz CT molecular complexity index is 685. The third-order valence-electron chi connectivity index (χ3n) is 3.16. The average molecular weight is 372 g/mol. The number of ether oxygens (including phenoxy) is 1. The molecule has 0 unspecified atom stereocenters. The summed E-state index contributed by atoms with van der Waals surface area (Å²) >= 11 is 3.20. The van der Waals surface area contributed by atoms with Gasteiger partial charge in [-0.05, 0) is 48.8 Å². The summed E-state index contributed by atoms with van der Waals surface area (Å²) in [6, 6.07) is 3.30. The van der Waals surface area contributed by atoms with E-state index in [1.54, 1.807) is 13.0 Å². The van der Waals surface area contributed by atoms with E-state index >= 15 is 0 Å². The lowest BCUT2D eigenvalue weighted by Gasteiger charge is -2.06. The van der Waals surface area contributed by atoms with Crippen molar-refractivity contribution in [2.24, 2.45) is 0 Å². The molecule has 1 heterocycles. The van der Waals surface area contributed by atoms with Crippen LogP contribution in [0, 0.1) is 5.82 Å². The highest BCUT2D eigenvalue weighted by atomic mass is 79.9. The molecule has 0 atom stereocenters. The number of esters is 1. The molecule has 0 saturated carbocycles. The SMILES string of the molecule is CCOC(=O)CCNc1nn(C(C)C)c2cc(Br)c(F)cc12. The molecule has 5 nitrogen and oxygen atoms in total. The van der Waals surface area contributed by atoms with Gasteiger partial charge in [-0.25, -0.2) is 4.39 Å². The minimum atomic E-state index is -0.343. The fourth-order valence-corrected chi connectivity index (χ4v) is 2.50. The molecule has 2 rings (SSSR count). The van der Waals surface area contributed by atoms with Gasteiger partial charge in [0.25, 0.3) is 0 Å². The number of hydrogen-bond acceptors (Lipinski definition) is 4. The number of fused-ring (bicyclic) bond motifs is 1. The number of hydrogen-bond donors (Lipinski definition) is 1. The summed E-state index contributed by atoms with van der Waals surface area (Å²) in [6.45, 7) is 6.53. The first kappa shape index (κ1) is 16.7. The number of nitrogens with one attached hydrogen (secondary N) is 1. The number of nitrogens with zero attached hydrogens (tertiary/aromatic N) is 2. The molecule has 0 aliphatic carbocycles. The Hall–Kier alpha value is -1.63. The van der Waals surface area contributed by atoms with Gasteiger partial charge in [-0.1, -0.05) is 0 Å². The Morgan fingerprint density at radius 3 is 2.86 bits per heavy atom. The molecule has 0 amide bonds. The van der Waals surface area contributed by atoms with E-state index < -0.39 is 0 Å². The van der Waals surface area contributed by atoms with Crippen LogP contribution in [-0.2, 0) is 9.53 Å². The first-order chi connectivity index (χ1) is 10.4. The first-order valence-corrected chi connectivity index (χ1v) is 8.00. The number of carbonyl (C=O) groups is 1. The second-order valence-electron chi connectivity index (χ2n) is 5.15. The molecule has 7 heteroatoms. The third-order valence-corrected chi connectivity index (χ3v) is 3.77. The van der Waals surface area contributed by atoms with E-state index in [4.69, 9.17) is 4.74 Å². The Balaban J connectivity index is 2.26. The van der Waals surface area contributed by atoms with Gasteiger partial charge in [-0.3, -0.25) is 9.48 Å². The summed E-state index contributed by atoms with van der Waals surface area (Å²) < 4.78 is 20.9. The summed E-state index contributed by atoms with van der Waals surface area (Å²) in [6.07, 6.45) is 0.239. The van der Waals surface area contributed by atoms with Crippen LogP contribution in [0.4, 0.5) is 10.2 Å². The maximum Gasteiger partial charge on any atom is 0.307 e. The van der Waals surface area contributed by atoms with Crippen LogP contribution in [0.2, 0.25) is 0 Å². The fraction of sp³-hybridized carbons (Fsp3) is 0.467. The highest BCUT2D eigenvalue weighted by Gasteiger charge is 2.15. The summed E-state index contributed by atoms with van der Waals surface area (Å²) in [4.78, 5) is 11.4. The Morgan fingerprint density at radius 2 is 2.23 bits per heavy atom. The van der Waals surface area contributed by atoms with Gasteiger partial charge in [-0.2, -0.15) is 5.10 Å². The molecule has 0 bridgehead atoms. The molecule has 0 spiro atoms. The fourth-order valence-electron chi connectivity index (χ4n) is 2.17. The van der Waals surface area contributed by atoms with Crippen LogP contribution in [0.15, 0.2) is 16.6 Å². The normalized spacial score (nSPS) is 11.2. The first-order valence-electron chi connectivity index (χ1n) is 7.20. The van der Waals surface area contributed by atoms with Crippen molar-refractivity contribution >= 4 is 38.6 Å². The predicted molar refractivity (Wildman–Crippen MR) is 87.5 cm³/mol. The molecule has 2 aromatic rings. The topological polar surface area (TPSA) is 56.1 Å². The van der Waals surface area contributed by atoms with Gasteiger partial charge in [-0.15, -0.1) is 0 Å². The Morgan fingerprint density at radius 1 is 1.50 bits per heavy atom. The van der Waals surface area contributed by atoms with E-state index in [2.05, 4.69) is 26.3 Å². The number of benzene rings is 1. The van der Waals surface area contributed by atoms with Gasteiger partial charge in [0.05, 0.1) is 23.0 Å². The van der Waals surface area contributed by atoms with Crippen molar-refractivity contribution in [1.29, 1.82) is 0 Å². The minimum absolute atomic E-state index is 0.139. The van der Waals surface area contributed by atoms with E-state index in [-0.39, 0.29) is 24.2 Å². The molecule has 22 heavy (non-hydrogen) atoms. The van der Waals surface area contributed by atoms with Crippen LogP contribution >= 0.6 is 15.9 Å². The second kappa shape index (κ2) is 7.09. The molecule has 1 N–H and O–H groups in total. The van der Waals surface area contributed by atoms with Crippen molar-refractivity contribution in [3.8, 4) is 0 Å². The van der Waals surface area contributed by atoms with Gasteiger partial charge in [0.1, 0.15) is 5.82 Å². The van der Waals surface area contributed by atoms with Gasteiger partial charge in [0.2, 0.25) is 0 Å². The second-order valence-corrected chi connectivity index (χ2v) is 6.01. The molecule has 120 valence electrons. The van der Waals surface area contributed by atoms with E-state index in [0.717, 1.165) is 5.52 Å². The van der Waals surface area contributed by atoms with E-state index in [9.17, 15) is 9.18 Å². The van der Waals surface area contributed by atoms with Crippen LogP contribution in [0.25, 0.3) is 10.9 Å². The predicted octanol–water partition coefficient (Wildman–Crippen LogP) is 3.88. The molecule has 0 aliphatic rings. The van der Waals surface area contributed by atoms with Crippen molar-refractivity contribution in [1.82, 2.24) is 9.78 Å². The van der Waals surface area contributed by atoms with Crippen molar-refractivity contribution in [2.75, 3.05) is 18.5 Å². The van der Waals surface area contributed by atoms with Crippen LogP contribution in [0.5, 0.6) is 0 Å². The van der Waals surface area contributed by atoms with E-state index in [1.807, 2.05) is 18.5 Å². The lowest BCUT2D eigenvalue weighted by atomic mass is 10.2. The summed E-state index contributed by atoms with van der Waals surface area (Å²) in [5, 5.41) is 8.26. The minimum Gasteiger partial charge on any atom is -0.466 e. The maximum atomic E-state index is 13.8. The number of rotatable bonds is 6.